The van der Waals surface area contributed by atoms with Crippen LogP contribution in [0.15, 0.2) is 0 Å². The van der Waals surface area contributed by atoms with Crippen molar-refractivity contribution in [2.75, 3.05) is 13.1 Å². The van der Waals surface area contributed by atoms with Gasteiger partial charge in [0.05, 0.1) is 0 Å². The summed E-state index contributed by atoms with van der Waals surface area (Å²) in [6, 6.07) is 0. The highest BCUT2D eigenvalue weighted by Crippen LogP contribution is 2.25. The molecule has 1 rings (SSSR count). The zero-order chi connectivity index (χ0) is 13.9. The van der Waals surface area contributed by atoms with Crippen LogP contribution in [-0.4, -0.2) is 23.1 Å². The fourth-order valence-corrected chi connectivity index (χ4v) is 2.24. The van der Waals surface area contributed by atoms with Gasteiger partial charge in [0.2, 0.25) is 0 Å². The molecule has 0 saturated carbocycles. The van der Waals surface area contributed by atoms with E-state index in [1.54, 1.807) is 0 Å². The Morgan fingerprint density at radius 1 is 1.11 bits per heavy atom. The third kappa shape index (κ3) is 3.52. The summed E-state index contributed by atoms with van der Waals surface area (Å²) >= 11 is 0. The topological polar surface area (TPSA) is 37.8 Å². The lowest BCUT2D eigenvalue weighted by molar-refractivity contribution is 0.534. The van der Waals surface area contributed by atoms with Crippen molar-refractivity contribution in [1.82, 2.24) is 15.3 Å². The second-order valence-electron chi connectivity index (χ2n) is 6.09. The standard InChI is InChI=1S/C15H27N3/c1-8-16-9-10(2)13-11(3)17-14(15(5,6)7)18-12(13)4/h10,16H,8-9H2,1-7H3. The zero-order valence-corrected chi connectivity index (χ0v) is 12.9. The quantitative estimate of drug-likeness (QED) is 0.891. The molecule has 0 amide bonds. The number of aryl methyl sites for hydroxylation is 2. The molecule has 1 heterocycles. The van der Waals surface area contributed by atoms with E-state index in [4.69, 9.17) is 9.97 Å². The van der Waals surface area contributed by atoms with E-state index in [9.17, 15) is 0 Å². The van der Waals surface area contributed by atoms with E-state index in [0.717, 1.165) is 30.3 Å². The number of hydrogen-bond acceptors (Lipinski definition) is 3. The Morgan fingerprint density at radius 2 is 1.61 bits per heavy atom. The van der Waals surface area contributed by atoms with E-state index in [0.29, 0.717) is 5.92 Å². The molecule has 0 saturated heterocycles. The number of likely N-dealkylation sites (N-methyl/N-ethyl adjacent to an activating group) is 1. The van der Waals surface area contributed by atoms with Crippen molar-refractivity contribution >= 4 is 0 Å². The molecule has 102 valence electrons. The number of nitrogens with zero attached hydrogens (tertiary/aromatic N) is 2. The first-order valence-corrected chi connectivity index (χ1v) is 6.83. The van der Waals surface area contributed by atoms with E-state index < -0.39 is 0 Å². The van der Waals surface area contributed by atoms with Crippen LogP contribution in [0.2, 0.25) is 0 Å². The molecule has 0 radical (unpaired) electrons. The molecule has 3 nitrogen and oxygen atoms in total. The molecule has 0 spiro atoms. The number of aromatic nitrogens is 2. The van der Waals surface area contributed by atoms with Gasteiger partial charge in [0.1, 0.15) is 5.82 Å². The lowest BCUT2D eigenvalue weighted by Crippen LogP contribution is -2.23. The Balaban J connectivity index is 3.09. The van der Waals surface area contributed by atoms with Gasteiger partial charge < -0.3 is 5.32 Å². The maximum atomic E-state index is 4.70. The average Bonchev–Trinajstić information content (AvgIpc) is 2.24. The molecule has 0 aliphatic heterocycles. The third-order valence-corrected chi connectivity index (χ3v) is 3.19. The summed E-state index contributed by atoms with van der Waals surface area (Å²) in [5, 5.41) is 3.39. The lowest BCUT2D eigenvalue weighted by Gasteiger charge is -2.22. The van der Waals surface area contributed by atoms with Crippen LogP contribution in [0.4, 0.5) is 0 Å². The normalized spacial score (nSPS) is 13.7. The van der Waals surface area contributed by atoms with Crippen LogP contribution in [0.1, 0.15) is 63.3 Å². The largest absolute Gasteiger partial charge is 0.316 e. The number of hydrogen-bond donors (Lipinski definition) is 1. The van der Waals surface area contributed by atoms with Crippen LogP contribution < -0.4 is 5.32 Å². The molecule has 1 unspecified atom stereocenters. The first-order valence-electron chi connectivity index (χ1n) is 6.83. The van der Waals surface area contributed by atoms with Gasteiger partial charge in [0.15, 0.2) is 0 Å². The van der Waals surface area contributed by atoms with Crippen molar-refractivity contribution in [2.24, 2.45) is 0 Å². The van der Waals surface area contributed by atoms with Gasteiger partial charge in [-0.3, -0.25) is 0 Å². The van der Waals surface area contributed by atoms with Crippen LogP contribution in [0.3, 0.4) is 0 Å². The third-order valence-electron chi connectivity index (χ3n) is 3.19. The Kier molecular flexibility index (Phi) is 4.85. The molecule has 0 fully saturated rings. The molecule has 3 heteroatoms. The molecule has 1 aromatic rings. The number of rotatable bonds is 4. The van der Waals surface area contributed by atoms with Crippen molar-refractivity contribution in [3.8, 4) is 0 Å². The van der Waals surface area contributed by atoms with E-state index in [1.165, 1.54) is 5.56 Å². The average molecular weight is 249 g/mol. The predicted octanol–water partition coefficient (Wildman–Crippen LogP) is 3.10. The molecule has 0 aliphatic rings. The summed E-state index contributed by atoms with van der Waals surface area (Å²) in [4.78, 5) is 9.39. The van der Waals surface area contributed by atoms with Gasteiger partial charge >= 0.3 is 0 Å². The Morgan fingerprint density at radius 3 is 2.00 bits per heavy atom. The Bertz CT molecular complexity index is 382. The van der Waals surface area contributed by atoms with Gasteiger partial charge in [-0.15, -0.1) is 0 Å². The molecular weight excluding hydrogens is 222 g/mol. The van der Waals surface area contributed by atoms with Crippen molar-refractivity contribution in [3.63, 3.8) is 0 Å². The zero-order valence-electron chi connectivity index (χ0n) is 12.9. The minimum absolute atomic E-state index is 0.0129. The highest BCUT2D eigenvalue weighted by molar-refractivity contribution is 5.29. The van der Waals surface area contributed by atoms with E-state index in [2.05, 4.69) is 53.8 Å². The molecule has 0 aromatic carbocycles. The highest BCUT2D eigenvalue weighted by atomic mass is 14.9. The van der Waals surface area contributed by atoms with Crippen molar-refractivity contribution < 1.29 is 0 Å². The van der Waals surface area contributed by atoms with Crippen molar-refractivity contribution in [2.45, 2.75) is 59.8 Å². The minimum atomic E-state index is 0.0129. The van der Waals surface area contributed by atoms with E-state index in [1.807, 2.05) is 0 Å². The van der Waals surface area contributed by atoms with Crippen LogP contribution in [-0.2, 0) is 5.41 Å². The van der Waals surface area contributed by atoms with Gasteiger partial charge in [-0.1, -0.05) is 34.6 Å². The van der Waals surface area contributed by atoms with Gasteiger partial charge in [-0.2, -0.15) is 0 Å². The van der Waals surface area contributed by atoms with Crippen molar-refractivity contribution in [1.29, 1.82) is 0 Å². The van der Waals surface area contributed by atoms with Gasteiger partial charge in [0.25, 0.3) is 0 Å². The van der Waals surface area contributed by atoms with Gasteiger partial charge in [0, 0.05) is 23.3 Å². The van der Waals surface area contributed by atoms with Crippen LogP contribution >= 0.6 is 0 Å². The second kappa shape index (κ2) is 5.79. The summed E-state index contributed by atoms with van der Waals surface area (Å²) in [5.74, 6) is 1.40. The minimum Gasteiger partial charge on any atom is -0.316 e. The number of nitrogens with one attached hydrogen (secondary N) is 1. The molecule has 0 aliphatic carbocycles. The van der Waals surface area contributed by atoms with E-state index in [-0.39, 0.29) is 5.41 Å². The fourth-order valence-electron chi connectivity index (χ4n) is 2.24. The first-order chi connectivity index (χ1) is 8.27. The Hall–Kier alpha value is -0.960. The summed E-state index contributed by atoms with van der Waals surface area (Å²) in [7, 11) is 0. The smallest absolute Gasteiger partial charge is 0.134 e. The summed E-state index contributed by atoms with van der Waals surface area (Å²) in [5.41, 5.74) is 3.55. The first kappa shape index (κ1) is 15.1. The monoisotopic (exact) mass is 249 g/mol. The molecule has 1 aromatic heterocycles. The maximum Gasteiger partial charge on any atom is 0.134 e. The van der Waals surface area contributed by atoms with Crippen LogP contribution in [0.25, 0.3) is 0 Å². The SMILES string of the molecule is CCNCC(C)c1c(C)nc(C(C)(C)C)nc1C. The van der Waals surface area contributed by atoms with E-state index >= 15 is 0 Å². The highest BCUT2D eigenvalue weighted by Gasteiger charge is 2.21. The lowest BCUT2D eigenvalue weighted by atomic mass is 9.93. The Labute approximate surface area is 111 Å². The molecule has 18 heavy (non-hydrogen) atoms. The molecule has 1 N–H and O–H groups in total. The summed E-state index contributed by atoms with van der Waals surface area (Å²) < 4.78 is 0. The van der Waals surface area contributed by atoms with Crippen molar-refractivity contribution in [3.05, 3.63) is 22.8 Å². The molecule has 1 atom stereocenters. The van der Waals surface area contributed by atoms with Gasteiger partial charge in [-0.05, 0) is 31.9 Å². The maximum absolute atomic E-state index is 4.70. The second-order valence-corrected chi connectivity index (χ2v) is 6.09. The fraction of sp³-hybridized carbons (Fsp3) is 0.733. The molecular formula is C15H27N3. The predicted molar refractivity (Wildman–Crippen MR) is 77.2 cm³/mol. The van der Waals surface area contributed by atoms with Crippen LogP contribution in [0, 0.1) is 13.8 Å². The van der Waals surface area contributed by atoms with Crippen LogP contribution in [0.5, 0.6) is 0 Å². The summed E-state index contributed by atoms with van der Waals surface area (Å²) in [6.07, 6.45) is 0. The van der Waals surface area contributed by atoms with Gasteiger partial charge in [-0.25, -0.2) is 9.97 Å². The summed E-state index contributed by atoms with van der Waals surface area (Å²) in [6.45, 7) is 17.0. The molecule has 0 bridgehead atoms.